The highest BCUT2D eigenvalue weighted by atomic mass is 16.2. The van der Waals surface area contributed by atoms with Crippen LogP contribution in [0.15, 0.2) is 48.5 Å². The Morgan fingerprint density at radius 3 is 1.72 bits per heavy atom. The van der Waals surface area contributed by atoms with E-state index in [2.05, 4.69) is 24.5 Å². The maximum Gasteiger partial charge on any atom is 0.314 e. The van der Waals surface area contributed by atoms with Gasteiger partial charge in [0.25, 0.3) is 0 Å². The zero-order chi connectivity index (χ0) is 18.4. The average molecular weight is 338 g/mol. The third-order valence-electron chi connectivity index (χ3n) is 4.39. The largest absolute Gasteiger partial charge is 0.318 e. The zero-order valence-corrected chi connectivity index (χ0v) is 15.3. The number of anilines is 2. The van der Waals surface area contributed by atoms with Gasteiger partial charge in [-0.05, 0) is 41.5 Å². The number of carbonyl (C=O) groups excluding carboxylic acids is 2. The van der Waals surface area contributed by atoms with E-state index in [0.717, 1.165) is 17.5 Å². The van der Waals surface area contributed by atoms with E-state index >= 15 is 0 Å². The highest BCUT2D eigenvalue weighted by molar-refractivity contribution is 6.43. The van der Waals surface area contributed by atoms with Crippen molar-refractivity contribution >= 4 is 23.2 Å². The van der Waals surface area contributed by atoms with Gasteiger partial charge < -0.3 is 10.6 Å². The fourth-order valence-corrected chi connectivity index (χ4v) is 2.73. The molecule has 132 valence electrons. The molecule has 4 nitrogen and oxygen atoms in total. The van der Waals surface area contributed by atoms with Crippen LogP contribution in [-0.2, 0) is 9.59 Å². The molecular formula is C21H26N2O2. The van der Waals surface area contributed by atoms with E-state index in [0.29, 0.717) is 17.3 Å². The van der Waals surface area contributed by atoms with Crippen molar-refractivity contribution in [1.82, 2.24) is 0 Å². The third kappa shape index (κ3) is 4.69. The Morgan fingerprint density at radius 1 is 0.800 bits per heavy atom. The van der Waals surface area contributed by atoms with Crippen molar-refractivity contribution < 1.29 is 9.59 Å². The molecule has 0 aliphatic heterocycles. The normalized spacial score (nSPS) is 11.9. The van der Waals surface area contributed by atoms with E-state index in [1.807, 2.05) is 62.4 Å². The minimum absolute atomic E-state index is 0.255. The van der Waals surface area contributed by atoms with Crippen LogP contribution in [0.4, 0.5) is 11.4 Å². The second kappa shape index (κ2) is 8.47. The summed E-state index contributed by atoms with van der Waals surface area (Å²) in [6, 6.07) is 15.1. The van der Waals surface area contributed by atoms with Crippen LogP contribution in [0.3, 0.4) is 0 Å². The lowest BCUT2D eigenvalue weighted by atomic mass is 9.97. The fourth-order valence-electron chi connectivity index (χ4n) is 2.73. The number of hydrogen-bond donors (Lipinski definition) is 2. The Hall–Kier alpha value is -2.62. The quantitative estimate of drug-likeness (QED) is 0.762. The number of hydrogen-bond acceptors (Lipinski definition) is 2. The number of amides is 2. The molecule has 0 aliphatic carbocycles. The van der Waals surface area contributed by atoms with Gasteiger partial charge in [0.2, 0.25) is 0 Å². The Labute approximate surface area is 149 Å². The molecule has 0 saturated carbocycles. The third-order valence-corrected chi connectivity index (χ3v) is 4.39. The number of rotatable bonds is 5. The Kier molecular flexibility index (Phi) is 6.34. The molecule has 2 amide bonds. The smallest absolute Gasteiger partial charge is 0.314 e. The summed E-state index contributed by atoms with van der Waals surface area (Å²) < 4.78 is 0. The van der Waals surface area contributed by atoms with E-state index in [-0.39, 0.29) is 5.92 Å². The van der Waals surface area contributed by atoms with E-state index < -0.39 is 11.8 Å². The second-order valence-electron chi connectivity index (χ2n) is 6.55. The standard InChI is InChI=1S/C21H26N2O2/c1-5-15(4)17-11-7-9-13-19(17)23-21(25)20(24)22-18-12-8-6-10-16(18)14(2)3/h6-15H,5H2,1-4H3,(H,22,24)(H,23,25). The van der Waals surface area contributed by atoms with Crippen LogP contribution in [0.2, 0.25) is 0 Å². The molecule has 0 radical (unpaired) electrons. The lowest BCUT2D eigenvalue weighted by molar-refractivity contribution is -0.133. The molecule has 0 aromatic heterocycles. The number of para-hydroxylation sites is 2. The molecule has 0 fully saturated rings. The van der Waals surface area contributed by atoms with Gasteiger partial charge in [0.1, 0.15) is 0 Å². The van der Waals surface area contributed by atoms with Crippen LogP contribution in [0, 0.1) is 0 Å². The Balaban J connectivity index is 2.14. The van der Waals surface area contributed by atoms with Gasteiger partial charge in [-0.2, -0.15) is 0 Å². The highest BCUT2D eigenvalue weighted by Crippen LogP contribution is 2.27. The summed E-state index contributed by atoms with van der Waals surface area (Å²) in [5.41, 5.74) is 3.40. The molecule has 1 unspecified atom stereocenters. The maximum absolute atomic E-state index is 12.3. The number of carbonyl (C=O) groups is 2. The monoisotopic (exact) mass is 338 g/mol. The van der Waals surface area contributed by atoms with Crippen LogP contribution >= 0.6 is 0 Å². The van der Waals surface area contributed by atoms with Crippen molar-refractivity contribution in [3.05, 3.63) is 59.7 Å². The second-order valence-corrected chi connectivity index (χ2v) is 6.55. The first-order valence-corrected chi connectivity index (χ1v) is 8.74. The molecule has 2 aromatic rings. The molecule has 25 heavy (non-hydrogen) atoms. The van der Waals surface area contributed by atoms with Gasteiger partial charge in [-0.25, -0.2) is 0 Å². The van der Waals surface area contributed by atoms with Crippen LogP contribution in [0.1, 0.15) is 57.1 Å². The predicted octanol–water partition coefficient (Wildman–Crippen LogP) is 4.90. The van der Waals surface area contributed by atoms with Crippen LogP contribution in [0.25, 0.3) is 0 Å². The lowest BCUT2D eigenvalue weighted by Gasteiger charge is -2.16. The van der Waals surface area contributed by atoms with Crippen molar-refractivity contribution in [1.29, 1.82) is 0 Å². The molecule has 2 aromatic carbocycles. The number of nitrogens with one attached hydrogen (secondary N) is 2. The molecule has 0 heterocycles. The first-order chi connectivity index (χ1) is 11.9. The zero-order valence-electron chi connectivity index (χ0n) is 15.3. The molecular weight excluding hydrogens is 312 g/mol. The van der Waals surface area contributed by atoms with Gasteiger partial charge in [-0.3, -0.25) is 9.59 Å². The SMILES string of the molecule is CCC(C)c1ccccc1NC(=O)C(=O)Nc1ccccc1C(C)C. The molecule has 0 aliphatic rings. The van der Waals surface area contributed by atoms with Crippen LogP contribution < -0.4 is 10.6 Å². The Bertz CT molecular complexity index is 753. The molecule has 4 heteroatoms. The molecule has 2 N–H and O–H groups in total. The first kappa shape index (κ1) is 18.7. The lowest BCUT2D eigenvalue weighted by Crippen LogP contribution is -2.30. The average Bonchev–Trinajstić information content (AvgIpc) is 2.61. The minimum Gasteiger partial charge on any atom is -0.318 e. The van der Waals surface area contributed by atoms with Gasteiger partial charge in [0.05, 0.1) is 0 Å². The molecule has 0 bridgehead atoms. The minimum atomic E-state index is -0.660. The summed E-state index contributed by atoms with van der Waals surface area (Å²) in [5.74, 6) is -0.756. The van der Waals surface area contributed by atoms with Gasteiger partial charge in [-0.15, -0.1) is 0 Å². The Morgan fingerprint density at radius 2 is 1.24 bits per heavy atom. The van der Waals surface area contributed by atoms with Crippen LogP contribution in [-0.4, -0.2) is 11.8 Å². The summed E-state index contributed by atoms with van der Waals surface area (Å²) in [7, 11) is 0. The van der Waals surface area contributed by atoms with Gasteiger partial charge in [-0.1, -0.05) is 64.1 Å². The van der Waals surface area contributed by atoms with Crippen LogP contribution in [0.5, 0.6) is 0 Å². The van der Waals surface area contributed by atoms with E-state index in [9.17, 15) is 9.59 Å². The van der Waals surface area contributed by atoms with Gasteiger partial charge >= 0.3 is 11.8 Å². The highest BCUT2D eigenvalue weighted by Gasteiger charge is 2.18. The van der Waals surface area contributed by atoms with Crippen molar-refractivity contribution in [3.63, 3.8) is 0 Å². The summed E-state index contributed by atoms with van der Waals surface area (Å²) in [6.07, 6.45) is 0.959. The topological polar surface area (TPSA) is 58.2 Å². The van der Waals surface area contributed by atoms with Crippen molar-refractivity contribution in [3.8, 4) is 0 Å². The fraction of sp³-hybridized carbons (Fsp3) is 0.333. The van der Waals surface area contributed by atoms with Gasteiger partial charge in [0, 0.05) is 11.4 Å². The molecule has 1 atom stereocenters. The summed E-state index contributed by atoms with van der Waals surface area (Å²) in [4.78, 5) is 24.7. The predicted molar refractivity (Wildman–Crippen MR) is 103 cm³/mol. The maximum atomic E-state index is 12.3. The van der Waals surface area contributed by atoms with Gasteiger partial charge in [0.15, 0.2) is 0 Å². The number of benzene rings is 2. The van der Waals surface area contributed by atoms with Crippen molar-refractivity contribution in [2.75, 3.05) is 10.6 Å². The van der Waals surface area contributed by atoms with Crippen molar-refractivity contribution in [2.45, 2.75) is 46.0 Å². The molecule has 2 rings (SSSR count). The summed E-state index contributed by atoms with van der Waals surface area (Å²) in [5, 5.41) is 5.47. The first-order valence-electron chi connectivity index (χ1n) is 8.74. The van der Waals surface area contributed by atoms with E-state index in [1.165, 1.54) is 0 Å². The summed E-state index contributed by atoms with van der Waals surface area (Å²) in [6.45, 7) is 8.30. The molecule has 0 spiro atoms. The molecule has 0 saturated heterocycles. The summed E-state index contributed by atoms with van der Waals surface area (Å²) >= 11 is 0. The van der Waals surface area contributed by atoms with Crippen molar-refractivity contribution in [2.24, 2.45) is 0 Å². The van der Waals surface area contributed by atoms with E-state index in [1.54, 1.807) is 0 Å². The van der Waals surface area contributed by atoms with E-state index in [4.69, 9.17) is 0 Å².